The van der Waals surface area contributed by atoms with Gasteiger partial charge in [-0.2, -0.15) is 0 Å². The van der Waals surface area contributed by atoms with Gasteiger partial charge in [-0.3, -0.25) is 10.1 Å². The minimum atomic E-state index is -0.472. The zero-order valence-electron chi connectivity index (χ0n) is 13.0. The highest BCUT2D eigenvalue weighted by atomic mass is 35.5. The maximum absolute atomic E-state index is 11.4. The highest BCUT2D eigenvalue weighted by Gasteiger charge is 2.11. The Hall–Kier alpha value is -3.19. The van der Waals surface area contributed by atoms with Crippen molar-refractivity contribution < 1.29 is 14.5 Å². The predicted octanol–water partition coefficient (Wildman–Crippen LogP) is 3.99. The number of H-pyrrole nitrogens is 1. The number of hydrogen-bond acceptors (Lipinski definition) is 5. The maximum atomic E-state index is 11.4. The first-order valence-corrected chi connectivity index (χ1v) is 7.56. The Morgan fingerprint density at radius 1 is 1.28 bits per heavy atom. The van der Waals surface area contributed by atoms with Gasteiger partial charge in [-0.05, 0) is 29.8 Å². The lowest BCUT2D eigenvalue weighted by Gasteiger charge is -2.00. The lowest BCUT2D eigenvalue weighted by Crippen LogP contribution is -2.00. The van der Waals surface area contributed by atoms with Crippen LogP contribution in [0.3, 0.4) is 0 Å². The highest BCUT2D eigenvalue weighted by Crippen LogP contribution is 2.25. The number of aromatic nitrogens is 2. The van der Waals surface area contributed by atoms with Crippen molar-refractivity contribution in [3.05, 3.63) is 69.5 Å². The van der Waals surface area contributed by atoms with Crippen LogP contribution in [0, 0.1) is 10.1 Å². The van der Waals surface area contributed by atoms with Crippen molar-refractivity contribution in [3.63, 3.8) is 0 Å². The summed E-state index contributed by atoms with van der Waals surface area (Å²) in [5.41, 5.74) is 2.28. The van der Waals surface area contributed by atoms with Crippen LogP contribution < -0.4 is 0 Å². The average molecular weight is 358 g/mol. The van der Waals surface area contributed by atoms with Crippen LogP contribution >= 0.6 is 11.6 Å². The SMILES string of the molecule is COC(=O)c1ccc(/C=C(\Cl)c2nc3ccc([N+](=O)[O-])cc3[nH]2)cc1. The fraction of sp³-hybridized carbons (Fsp3) is 0.0588. The number of carbonyl (C=O) groups excluding carboxylic acids is 1. The van der Waals surface area contributed by atoms with Crippen molar-refractivity contribution >= 4 is 45.4 Å². The van der Waals surface area contributed by atoms with E-state index in [0.717, 1.165) is 5.56 Å². The number of nitro benzene ring substituents is 1. The van der Waals surface area contributed by atoms with E-state index in [4.69, 9.17) is 11.6 Å². The quantitative estimate of drug-likeness (QED) is 0.432. The Bertz CT molecular complexity index is 993. The number of halogens is 1. The van der Waals surface area contributed by atoms with E-state index in [9.17, 15) is 14.9 Å². The number of rotatable bonds is 4. The molecule has 0 fully saturated rings. The number of methoxy groups -OCH3 is 1. The first kappa shape index (κ1) is 16.7. The van der Waals surface area contributed by atoms with Crippen LogP contribution in [-0.4, -0.2) is 28.0 Å². The molecule has 0 aliphatic carbocycles. The number of aromatic amines is 1. The number of nitro groups is 1. The van der Waals surface area contributed by atoms with Gasteiger partial charge in [-0.15, -0.1) is 0 Å². The molecule has 0 aliphatic heterocycles. The molecule has 7 nitrogen and oxygen atoms in total. The van der Waals surface area contributed by atoms with Crippen molar-refractivity contribution in [2.24, 2.45) is 0 Å². The Morgan fingerprint density at radius 3 is 2.64 bits per heavy atom. The Morgan fingerprint density at radius 2 is 2.00 bits per heavy atom. The Kier molecular flexibility index (Phi) is 4.49. The minimum absolute atomic E-state index is 0.0267. The van der Waals surface area contributed by atoms with E-state index in [1.54, 1.807) is 36.4 Å². The topological polar surface area (TPSA) is 98.1 Å². The summed E-state index contributed by atoms with van der Waals surface area (Å²) < 4.78 is 4.64. The van der Waals surface area contributed by atoms with Crippen LogP contribution in [0.5, 0.6) is 0 Å². The zero-order chi connectivity index (χ0) is 18.0. The third kappa shape index (κ3) is 3.51. The van der Waals surface area contributed by atoms with E-state index in [-0.39, 0.29) is 5.69 Å². The van der Waals surface area contributed by atoms with E-state index in [0.29, 0.717) is 27.5 Å². The molecule has 8 heteroatoms. The molecule has 0 spiro atoms. The van der Waals surface area contributed by atoms with Gasteiger partial charge in [-0.25, -0.2) is 9.78 Å². The molecular weight excluding hydrogens is 346 g/mol. The molecule has 1 heterocycles. The van der Waals surface area contributed by atoms with Gasteiger partial charge in [0, 0.05) is 12.1 Å². The number of imidazole rings is 1. The molecule has 126 valence electrons. The van der Waals surface area contributed by atoms with Crippen molar-refractivity contribution in [2.45, 2.75) is 0 Å². The van der Waals surface area contributed by atoms with Crippen LogP contribution in [0.15, 0.2) is 42.5 Å². The molecule has 25 heavy (non-hydrogen) atoms. The van der Waals surface area contributed by atoms with E-state index in [1.165, 1.54) is 19.2 Å². The maximum Gasteiger partial charge on any atom is 0.337 e. The van der Waals surface area contributed by atoms with E-state index < -0.39 is 10.9 Å². The smallest absolute Gasteiger partial charge is 0.337 e. The fourth-order valence-electron chi connectivity index (χ4n) is 2.27. The van der Waals surface area contributed by atoms with Gasteiger partial charge in [-0.1, -0.05) is 23.7 Å². The van der Waals surface area contributed by atoms with Crippen molar-refractivity contribution in [1.29, 1.82) is 0 Å². The van der Waals surface area contributed by atoms with Crippen molar-refractivity contribution in [2.75, 3.05) is 7.11 Å². The summed E-state index contributed by atoms with van der Waals surface area (Å²) >= 11 is 6.29. The summed E-state index contributed by atoms with van der Waals surface area (Å²) in [6, 6.07) is 11.1. The number of non-ortho nitro benzene ring substituents is 1. The number of hydrogen-bond donors (Lipinski definition) is 1. The molecule has 2 aromatic carbocycles. The Labute approximate surface area is 147 Å². The molecule has 0 atom stereocenters. The molecule has 0 amide bonds. The molecule has 0 radical (unpaired) electrons. The second kappa shape index (κ2) is 6.74. The molecule has 0 unspecified atom stereocenters. The van der Waals surface area contributed by atoms with E-state index in [1.807, 2.05) is 0 Å². The van der Waals surface area contributed by atoms with Crippen LogP contribution in [0.25, 0.3) is 22.1 Å². The van der Waals surface area contributed by atoms with Gasteiger partial charge >= 0.3 is 5.97 Å². The van der Waals surface area contributed by atoms with E-state index in [2.05, 4.69) is 14.7 Å². The first-order valence-electron chi connectivity index (χ1n) is 7.18. The number of esters is 1. The average Bonchev–Trinajstić information content (AvgIpc) is 3.05. The molecule has 0 saturated heterocycles. The number of benzene rings is 2. The van der Waals surface area contributed by atoms with Gasteiger partial charge in [0.15, 0.2) is 0 Å². The summed E-state index contributed by atoms with van der Waals surface area (Å²) in [6.07, 6.45) is 1.68. The predicted molar refractivity (Wildman–Crippen MR) is 94.3 cm³/mol. The number of carbonyl (C=O) groups is 1. The second-order valence-corrected chi connectivity index (χ2v) is 5.56. The number of nitrogens with zero attached hydrogens (tertiary/aromatic N) is 2. The summed E-state index contributed by atoms with van der Waals surface area (Å²) in [7, 11) is 1.32. The van der Waals surface area contributed by atoms with Crippen LogP contribution in [-0.2, 0) is 4.74 Å². The monoisotopic (exact) mass is 357 g/mol. The normalized spacial score (nSPS) is 11.5. The summed E-state index contributed by atoms with van der Waals surface area (Å²) in [5, 5.41) is 11.2. The van der Waals surface area contributed by atoms with Gasteiger partial charge in [0.05, 0.1) is 33.7 Å². The van der Waals surface area contributed by atoms with Gasteiger partial charge in [0.25, 0.3) is 5.69 Å². The third-order valence-corrected chi connectivity index (χ3v) is 3.82. The highest BCUT2D eigenvalue weighted by molar-refractivity contribution is 6.50. The molecule has 0 aliphatic rings. The van der Waals surface area contributed by atoms with E-state index >= 15 is 0 Å². The van der Waals surface area contributed by atoms with Crippen molar-refractivity contribution in [1.82, 2.24) is 9.97 Å². The number of fused-ring (bicyclic) bond motifs is 1. The van der Waals surface area contributed by atoms with Gasteiger partial charge < -0.3 is 9.72 Å². The zero-order valence-corrected chi connectivity index (χ0v) is 13.8. The third-order valence-electron chi connectivity index (χ3n) is 3.53. The summed E-state index contributed by atoms with van der Waals surface area (Å²) in [6.45, 7) is 0. The lowest BCUT2D eigenvalue weighted by atomic mass is 10.1. The fourth-order valence-corrected chi connectivity index (χ4v) is 2.49. The minimum Gasteiger partial charge on any atom is -0.465 e. The number of nitrogens with one attached hydrogen (secondary N) is 1. The summed E-state index contributed by atoms with van der Waals surface area (Å²) in [5.74, 6) is -0.0188. The number of ether oxygens (including phenoxy) is 1. The van der Waals surface area contributed by atoms with Gasteiger partial charge in [0.1, 0.15) is 5.82 Å². The van der Waals surface area contributed by atoms with Crippen molar-refractivity contribution in [3.8, 4) is 0 Å². The lowest BCUT2D eigenvalue weighted by molar-refractivity contribution is -0.384. The molecule has 1 aromatic heterocycles. The molecule has 1 N–H and O–H groups in total. The molecular formula is C17H12ClN3O4. The van der Waals surface area contributed by atoms with Crippen LogP contribution in [0.4, 0.5) is 5.69 Å². The standard InChI is InChI=1S/C17H12ClN3O4/c1-25-17(22)11-4-2-10(3-5-11)8-13(18)16-19-14-7-6-12(21(23)24)9-15(14)20-16/h2-9H,1H3,(H,19,20)/b13-8-. The molecule has 3 aromatic rings. The second-order valence-electron chi connectivity index (χ2n) is 5.15. The largest absolute Gasteiger partial charge is 0.465 e. The first-order chi connectivity index (χ1) is 12.0. The molecule has 3 rings (SSSR count). The van der Waals surface area contributed by atoms with Crippen LogP contribution in [0.1, 0.15) is 21.7 Å². The molecule has 0 saturated carbocycles. The van der Waals surface area contributed by atoms with Gasteiger partial charge in [0.2, 0.25) is 0 Å². The Balaban J connectivity index is 1.90. The molecule has 0 bridgehead atoms. The summed E-state index contributed by atoms with van der Waals surface area (Å²) in [4.78, 5) is 29.0. The van der Waals surface area contributed by atoms with Crippen LogP contribution in [0.2, 0.25) is 0 Å².